The van der Waals surface area contributed by atoms with Crippen molar-refractivity contribution in [1.29, 1.82) is 0 Å². The van der Waals surface area contributed by atoms with E-state index in [2.05, 4.69) is 6.92 Å². The van der Waals surface area contributed by atoms with Gasteiger partial charge >= 0.3 is 5.97 Å². The van der Waals surface area contributed by atoms with E-state index in [1.54, 1.807) is 24.3 Å². The van der Waals surface area contributed by atoms with Gasteiger partial charge in [-0.15, -0.1) is 0 Å². The van der Waals surface area contributed by atoms with Gasteiger partial charge in [0.15, 0.2) is 0 Å². The summed E-state index contributed by atoms with van der Waals surface area (Å²) in [7, 11) is 1.51. The number of rotatable bonds is 8. The summed E-state index contributed by atoms with van der Waals surface area (Å²) >= 11 is 0. The number of ether oxygens (including phenoxy) is 1. The Morgan fingerprint density at radius 3 is 2.67 bits per heavy atom. The highest BCUT2D eigenvalue weighted by atomic mass is 17.2. The Morgan fingerprint density at radius 2 is 1.94 bits per heavy atom. The Bertz CT molecular complexity index is 363. The van der Waals surface area contributed by atoms with E-state index in [9.17, 15) is 4.79 Å². The first-order valence-electron chi connectivity index (χ1n) is 6.26. The predicted octanol–water partition coefficient (Wildman–Crippen LogP) is 3.36. The SMILES string of the molecule is CCCCCCOOC(=O)c1ccccc1OC. The van der Waals surface area contributed by atoms with Gasteiger partial charge in [0.1, 0.15) is 11.3 Å². The first-order valence-corrected chi connectivity index (χ1v) is 6.26. The predicted molar refractivity (Wildman–Crippen MR) is 68.5 cm³/mol. The topological polar surface area (TPSA) is 44.8 Å². The van der Waals surface area contributed by atoms with Gasteiger partial charge in [0, 0.05) is 0 Å². The molecule has 0 aliphatic rings. The number of carbonyl (C=O) groups excluding carboxylic acids is 1. The first-order chi connectivity index (χ1) is 8.79. The van der Waals surface area contributed by atoms with Crippen molar-refractivity contribution >= 4 is 5.97 Å². The number of carbonyl (C=O) groups is 1. The highest BCUT2D eigenvalue weighted by Gasteiger charge is 2.13. The van der Waals surface area contributed by atoms with Gasteiger partial charge < -0.3 is 4.74 Å². The molecule has 0 bridgehead atoms. The molecule has 1 rings (SSSR count). The van der Waals surface area contributed by atoms with Gasteiger partial charge in [0.25, 0.3) is 0 Å². The molecule has 4 heteroatoms. The average Bonchev–Trinajstić information content (AvgIpc) is 2.42. The van der Waals surface area contributed by atoms with Crippen molar-refractivity contribution < 1.29 is 19.3 Å². The summed E-state index contributed by atoms with van der Waals surface area (Å²) in [6.07, 6.45) is 4.32. The maximum absolute atomic E-state index is 11.7. The van der Waals surface area contributed by atoms with Crippen molar-refractivity contribution in [3.8, 4) is 5.75 Å². The minimum absolute atomic E-state index is 0.369. The van der Waals surface area contributed by atoms with Crippen LogP contribution in [-0.4, -0.2) is 19.7 Å². The minimum atomic E-state index is -0.525. The van der Waals surface area contributed by atoms with Crippen LogP contribution in [0.15, 0.2) is 24.3 Å². The van der Waals surface area contributed by atoms with Gasteiger partial charge in [-0.1, -0.05) is 38.3 Å². The molecule has 0 aliphatic carbocycles. The van der Waals surface area contributed by atoms with E-state index in [0.717, 1.165) is 12.8 Å². The maximum Gasteiger partial charge on any atom is 0.376 e. The summed E-state index contributed by atoms with van der Waals surface area (Å²) < 4.78 is 5.07. The van der Waals surface area contributed by atoms with Crippen LogP contribution in [0.5, 0.6) is 5.75 Å². The fraction of sp³-hybridized carbons (Fsp3) is 0.500. The molecule has 0 N–H and O–H groups in total. The van der Waals surface area contributed by atoms with Crippen LogP contribution in [-0.2, 0) is 9.78 Å². The number of methoxy groups -OCH3 is 1. The third kappa shape index (κ3) is 4.75. The molecule has 1 aromatic rings. The van der Waals surface area contributed by atoms with Crippen LogP contribution in [0.2, 0.25) is 0 Å². The lowest BCUT2D eigenvalue weighted by atomic mass is 10.2. The Hall–Kier alpha value is -1.55. The summed E-state index contributed by atoms with van der Waals surface area (Å²) in [5.74, 6) is -0.0416. The van der Waals surface area contributed by atoms with Crippen LogP contribution in [0.1, 0.15) is 43.0 Å². The lowest BCUT2D eigenvalue weighted by Gasteiger charge is -2.07. The molecule has 1 aromatic carbocycles. The summed E-state index contributed by atoms with van der Waals surface area (Å²) in [6, 6.07) is 6.89. The summed E-state index contributed by atoms with van der Waals surface area (Å²) in [6.45, 7) is 2.57. The van der Waals surface area contributed by atoms with E-state index in [4.69, 9.17) is 14.5 Å². The smallest absolute Gasteiger partial charge is 0.376 e. The molecule has 0 radical (unpaired) electrons. The lowest BCUT2D eigenvalue weighted by molar-refractivity contribution is -0.241. The first kappa shape index (κ1) is 14.5. The Morgan fingerprint density at radius 1 is 1.17 bits per heavy atom. The molecule has 0 fully saturated rings. The average molecular weight is 252 g/mol. The molecule has 18 heavy (non-hydrogen) atoms. The molecule has 0 heterocycles. The van der Waals surface area contributed by atoms with E-state index < -0.39 is 5.97 Å². The number of unbranched alkanes of at least 4 members (excludes halogenated alkanes) is 3. The highest BCUT2D eigenvalue weighted by Crippen LogP contribution is 2.18. The molecule has 0 aromatic heterocycles. The van der Waals surface area contributed by atoms with Gasteiger partial charge in [-0.05, 0) is 18.6 Å². The molecular formula is C14H20O4. The third-order valence-corrected chi connectivity index (χ3v) is 2.54. The number of para-hydroxylation sites is 1. The zero-order chi connectivity index (χ0) is 13.2. The van der Waals surface area contributed by atoms with E-state index in [1.807, 2.05) is 0 Å². The monoisotopic (exact) mass is 252 g/mol. The van der Waals surface area contributed by atoms with E-state index >= 15 is 0 Å². The van der Waals surface area contributed by atoms with Crippen LogP contribution in [0.3, 0.4) is 0 Å². The molecule has 0 spiro atoms. The fourth-order valence-corrected chi connectivity index (χ4v) is 1.54. The second-order valence-corrected chi connectivity index (χ2v) is 3.95. The van der Waals surface area contributed by atoms with Crippen molar-refractivity contribution in [3.63, 3.8) is 0 Å². The Labute approximate surface area is 108 Å². The molecule has 0 saturated heterocycles. The van der Waals surface area contributed by atoms with Crippen molar-refractivity contribution in [2.75, 3.05) is 13.7 Å². The van der Waals surface area contributed by atoms with Gasteiger partial charge in [-0.25, -0.2) is 4.79 Å². The second kappa shape index (κ2) is 8.53. The van der Waals surface area contributed by atoms with Crippen molar-refractivity contribution in [3.05, 3.63) is 29.8 Å². The third-order valence-electron chi connectivity index (χ3n) is 2.54. The molecule has 0 saturated carbocycles. The number of hydrogen-bond acceptors (Lipinski definition) is 4. The molecular weight excluding hydrogens is 232 g/mol. The van der Waals surface area contributed by atoms with Gasteiger partial charge in [-0.2, -0.15) is 4.89 Å². The second-order valence-electron chi connectivity index (χ2n) is 3.95. The van der Waals surface area contributed by atoms with Crippen LogP contribution in [0, 0.1) is 0 Å². The van der Waals surface area contributed by atoms with Gasteiger partial charge in [0.2, 0.25) is 0 Å². The maximum atomic E-state index is 11.7. The Kier molecular flexibility index (Phi) is 6.87. The molecule has 0 unspecified atom stereocenters. The normalized spacial score (nSPS) is 10.1. The van der Waals surface area contributed by atoms with E-state index in [-0.39, 0.29) is 0 Å². The van der Waals surface area contributed by atoms with Crippen LogP contribution >= 0.6 is 0 Å². The van der Waals surface area contributed by atoms with Crippen LogP contribution in [0.25, 0.3) is 0 Å². The van der Waals surface area contributed by atoms with E-state index in [0.29, 0.717) is 17.9 Å². The molecule has 0 aliphatic heterocycles. The molecule has 0 atom stereocenters. The molecule has 100 valence electrons. The standard InChI is InChI=1S/C14H20O4/c1-3-4-5-8-11-17-18-14(15)12-9-6-7-10-13(12)16-2/h6-7,9-10H,3-5,8,11H2,1-2H3. The summed E-state index contributed by atoms with van der Waals surface area (Å²) in [4.78, 5) is 21.3. The van der Waals surface area contributed by atoms with E-state index in [1.165, 1.54) is 20.0 Å². The van der Waals surface area contributed by atoms with Crippen molar-refractivity contribution in [1.82, 2.24) is 0 Å². The van der Waals surface area contributed by atoms with Crippen molar-refractivity contribution in [2.45, 2.75) is 32.6 Å². The van der Waals surface area contributed by atoms with Crippen molar-refractivity contribution in [2.24, 2.45) is 0 Å². The zero-order valence-corrected chi connectivity index (χ0v) is 11.0. The highest BCUT2D eigenvalue weighted by molar-refractivity contribution is 5.92. The largest absolute Gasteiger partial charge is 0.496 e. The number of benzene rings is 1. The minimum Gasteiger partial charge on any atom is -0.496 e. The summed E-state index contributed by atoms with van der Waals surface area (Å²) in [5.41, 5.74) is 0.369. The quantitative estimate of drug-likeness (QED) is 0.404. The van der Waals surface area contributed by atoms with Crippen LogP contribution < -0.4 is 4.74 Å². The van der Waals surface area contributed by atoms with Crippen LogP contribution in [0.4, 0.5) is 0 Å². The number of hydrogen-bond donors (Lipinski definition) is 0. The summed E-state index contributed by atoms with van der Waals surface area (Å²) in [5, 5.41) is 0. The molecule has 4 nitrogen and oxygen atoms in total. The van der Waals surface area contributed by atoms with Gasteiger partial charge in [0.05, 0.1) is 13.7 Å². The Balaban J connectivity index is 2.32. The lowest BCUT2D eigenvalue weighted by Crippen LogP contribution is -2.08. The van der Waals surface area contributed by atoms with Gasteiger partial charge in [-0.3, -0.25) is 4.89 Å². The zero-order valence-electron chi connectivity index (χ0n) is 11.0. The molecule has 0 amide bonds. The fourth-order valence-electron chi connectivity index (χ4n) is 1.54.